The second kappa shape index (κ2) is 9.95. The van der Waals surface area contributed by atoms with Crippen LogP contribution in [0.5, 0.6) is 0 Å². The van der Waals surface area contributed by atoms with Crippen LogP contribution >= 0.6 is 0 Å². The van der Waals surface area contributed by atoms with Gasteiger partial charge in [-0.2, -0.15) is 5.10 Å². The summed E-state index contributed by atoms with van der Waals surface area (Å²) in [5.74, 6) is 1.51. The van der Waals surface area contributed by atoms with Crippen molar-refractivity contribution in [1.82, 2.24) is 24.3 Å². The Morgan fingerprint density at radius 3 is 2.67 bits per heavy atom. The van der Waals surface area contributed by atoms with E-state index in [1.807, 2.05) is 24.9 Å². The minimum atomic E-state index is 0.174. The summed E-state index contributed by atoms with van der Waals surface area (Å²) in [7, 11) is 2.04. The third-order valence-corrected chi connectivity index (χ3v) is 8.07. The fourth-order valence-electron chi connectivity index (χ4n) is 6.18. The van der Waals surface area contributed by atoms with Crippen LogP contribution in [-0.2, 0) is 13.5 Å². The highest BCUT2D eigenvalue weighted by atomic mass is 15.3. The standard InChI is InChI=1S/C33H41N7/c1-20-15-24-16-28(36-20)26-19-34-39(7)30(26)10-8-9-29(23-11-12-23)40-31-17-25(35-21(2)18-33(4,5)6)13-14-27(31)38-32(40)37-22(24)3/h13-17,19,23,29,35H,2-3,8-12,18H2,1,4-7H3,(H,37,38). The lowest BCUT2D eigenvalue weighted by Crippen LogP contribution is -2.16. The van der Waals surface area contributed by atoms with E-state index in [0.717, 1.165) is 82.3 Å². The molecular formula is C33H41N7. The highest BCUT2D eigenvalue weighted by Gasteiger charge is 2.35. The molecule has 1 fully saturated rings. The van der Waals surface area contributed by atoms with Gasteiger partial charge in [-0.3, -0.25) is 9.67 Å². The molecule has 1 aliphatic heterocycles. The van der Waals surface area contributed by atoms with Crippen molar-refractivity contribution < 1.29 is 0 Å². The number of rotatable bonds is 4. The normalized spacial score (nSPS) is 17.7. The number of nitrogens with zero attached hydrogens (tertiary/aromatic N) is 5. The molecule has 7 heteroatoms. The second-order valence-corrected chi connectivity index (χ2v) is 12.9. The predicted octanol–water partition coefficient (Wildman–Crippen LogP) is 7.87. The molecule has 1 aliphatic carbocycles. The highest BCUT2D eigenvalue weighted by Crippen LogP contribution is 2.46. The number of hydrogen-bond donors (Lipinski definition) is 2. The summed E-state index contributed by atoms with van der Waals surface area (Å²) in [6.45, 7) is 17.5. The molecular weight excluding hydrogens is 494 g/mol. The fourth-order valence-corrected chi connectivity index (χ4v) is 6.18. The van der Waals surface area contributed by atoms with E-state index in [1.165, 1.54) is 18.5 Å². The van der Waals surface area contributed by atoms with Gasteiger partial charge in [-0.15, -0.1) is 0 Å². The van der Waals surface area contributed by atoms with Crippen LogP contribution in [0.1, 0.15) is 75.9 Å². The van der Waals surface area contributed by atoms with Gasteiger partial charge in [0, 0.05) is 52.7 Å². The van der Waals surface area contributed by atoms with Crippen LogP contribution in [0.4, 0.5) is 11.6 Å². The van der Waals surface area contributed by atoms with Gasteiger partial charge in [-0.1, -0.05) is 33.9 Å². The molecule has 3 aromatic heterocycles. The first-order valence-electron chi connectivity index (χ1n) is 14.5. The Morgan fingerprint density at radius 1 is 1.12 bits per heavy atom. The maximum absolute atomic E-state index is 5.11. The number of aryl methyl sites for hydroxylation is 2. The summed E-state index contributed by atoms with van der Waals surface area (Å²) in [4.78, 5) is 9.99. The smallest absolute Gasteiger partial charge is 0.208 e. The van der Waals surface area contributed by atoms with Gasteiger partial charge in [0.15, 0.2) is 0 Å². The number of fused-ring (bicyclic) bond motifs is 7. The van der Waals surface area contributed by atoms with Crippen molar-refractivity contribution in [2.75, 3.05) is 10.6 Å². The largest absolute Gasteiger partial charge is 0.359 e. The molecule has 1 atom stereocenters. The Morgan fingerprint density at radius 2 is 1.93 bits per heavy atom. The number of hydrogen-bond acceptors (Lipinski definition) is 5. The van der Waals surface area contributed by atoms with Gasteiger partial charge in [0.1, 0.15) is 0 Å². The maximum atomic E-state index is 5.11. The molecule has 7 nitrogen and oxygen atoms in total. The zero-order valence-corrected chi connectivity index (χ0v) is 24.5. The summed E-state index contributed by atoms with van der Waals surface area (Å²) in [6.07, 6.45) is 8.46. The van der Waals surface area contributed by atoms with Crippen LogP contribution in [0.2, 0.25) is 0 Å². The van der Waals surface area contributed by atoms with E-state index in [1.54, 1.807) is 0 Å². The first-order chi connectivity index (χ1) is 19.1. The van der Waals surface area contributed by atoms with E-state index in [-0.39, 0.29) is 5.41 Å². The number of benzene rings is 1. The summed E-state index contributed by atoms with van der Waals surface area (Å²) < 4.78 is 4.46. The number of nitrogens with one attached hydrogen (secondary N) is 2. The summed E-state index contributed by atoms with van der Waals surface area (Å²) in [5.41, 5.74) is 10.4. The van der Waals surface area contributed by atoms with Gasteiger partial charge < -0.3 is 15.2 Å². The van der Waals surface area contributed by atoms with Crippen molar-refractivity contribution in [1.29, 1.82) is 0 Å². The van der Waals surface area contributed by atoms with Crippen molar-refractivity contribution in [2.24, 2.45) is 18.4 Å². The summed E-state index contributed by atoms with van der Waals surface area (Å²) in [6, 6.07) is 11.0. The highest BCUT2D eigenvalue weighted by molar-refractivity contribution is 5.85. The first-order valence-corrected chi connectivity index (χ1v) is 14.5. The molecule has 1 unspecified atom stereocenters. The molecule has 0 radical (unpaired) electrons. The van der Waals surface area contributed by atoms with E-state index < -0.39 is 0 Å². The number of aromatic nitrogens is 5. The predicted molar refractivity (Wildman–Crippen MR) is 165 cm³/mol. The minimum Gasteiger partial charge on any atom is -0.359 e. The maximum Gasteiger partial charge on any atom is 0.208 e. The van der Waals surface area contributed by atoms with E-state index >= 15 is 0 Å². The average Bonchev–Trinajstić information content (AvgIpc) is 3.56. The number of imidazole rings is 1. The lowest BCUT2D eigenvalue weighted by atomic mass is 9.91. The average molecular weight is 536 g/mol. The minimum absolute atomic E-state index is 0.174. The number of pyridine rings is 1. The van der Waals surface area contributed by atoms with E-state index in [2.05, 4.69) is 84.6 Å². The first kappa shape index (κ1) is 26.4. The molecule has 1 saturated carbocycles. The summed E-state index contributed by atoms with van der Waals surface area (Å²) >= 11 is 0. The fraction of sp³-hybridized carbons (Fsp3) is 0.424. The zero-order valence-electron chi connectivity index (χ0n) is 24.5. The molecule has 0 spiro atoms. The SMILES string of the molecule is C=C(CC(C)(C)C)Nc1ccc2nc3n(c2c1)C(C1CC1)CCCc1c(cnn1C)-c1cc(cc(C)n1)C(=C)N3. The van der Waals surface area contributed by atoms with E-state index in [9.17, 15) is 0 Å². The Bertz CT molecular complexity index is 1610. The van der Waals surface area contributed by atoms with Crippen molar-refractivity contribution in [3.63, 3.8) is 0 Å². The lowest BCUT2D eigenvalue weighted by Gasteiger charge is -2.23. The number of allylic oxidation sites excluding steroid dienone is 1. The molecule has 4 heterocycles. The second-order valence-electron chi connectivity index (χ2n) is 12.9. The Kier molecular flexibility index (Phi) is 6.56. The molecule has 1 aromatic carbocycles. The number of anilines is 2. The van der Waals surface area contributed by atoms with E-state index in [4.69, 9.17) is 9.97 Å². The quantitative estimate of drug-likeness (QED) is 0.278. The molecule has 208 valence electrons. The van der Waals surface area contributed by atoms with Crippen molar-refractivity contribution >= 4 is 28.4 Å². The van der Waals surface area contributed by atoms with Crippen LogP contribution in [-0.4, -0.2) is 24.3 Å². The molecule has 40 heavy (non-hydrogen) atoms. The Labute approximate surface area is 237 Å². The van der Waals surface area contributed by atoms with Crippen LogP contribution in [0.25, 0.3) is 28.0 Å². The van der Waals surface area contributed by atoms with Gasteiger partial charge in [-0.05, 0) is 87.1 Å². The zero-order chi connectivity index (χ0) is 28.2. The van der Waals surface area contributed by atoms with Crippen LogP contribution in [0.15, 0.2) is 55.4 Å². The third kappa shape index (κ3) is 5.29. The van der Waals surface area contributed by atoms with Gasteiger partial charge in [-0.25, -0.2) is 4.98 Å². The molecule has 2 N–H and O–H groups in total. The van der Waals surface area contributed by atoms with Gasteiger partial charge in [0.2, 0.25) is 5.95 Å². The molecule has 2 aliphatic rings. The van der Waals surface area contributed by atoms with Crippen LogP contribution in [0.3, 0.4) is 0 Å². The molecule has 4 aromatic rings. The van der Waals surface area contributed by atoms with E-state index in [0.29, 0.717) is 12.0 Å². The lowest BCUT2D eigenvalue weighted by molar-refractivity contribution is 0.411. The van der Waals surface area contributed by atoms with Gasteiger partial charge in [0.05, 0.1) is 22.9 Å². The molecule has 0 saturated heterocycles. The van der Waals surface area contributed by atoms with Crippen LogP contribution < -0.4 is 10.6 Å². The Hall–Kier alpha value is -3.87. The third-order valence-electron chi connectivity index (χ3n) is 8.07. The molecule has 6 rings (SSSR count). The summed E-state index contributed by atoms with van der Waals surface area (Å²) in [5, 5.41) is 11.8. The van der Waals surface area contributed by atoms with Gasteiger partial charge in [0.25, 0.3) is 0 Å². The molecule has 0 amide bonds. The van der Waals surface area contributed by atoms with Crippen LogP contribution in [0, 0.1) is 18.3 Å². The van der Waals surface area contributed by atoms with Crippen molar-refractivity contribution in [3.8, 4) is 11.3 Å². The monoisotopic (exact) mass is 535 g/mol. The topological polar surface area (TPSA) is 72.6 Å². The van der Waals surface area contributed by atoms with Gasteiger partial charge >= 0.3 is 0 Å². The molecule has 2 bridgehead atoms. The van der Waals surface area contributed by atoms with Crippen molar-refractivity contribution in [3.05, 3.63) is 72.3 Å². The van der Waals surface area contributed by atoms with Crippen molar-refractivity contribution in [2.45, 2.75) is 72.3 Å². The Balaban J connectivity index is 1.44.